The highest BCUT2D eigenvalue weighted by molar-refractivity contribution is 5.76. The number of hydrogen-bond donors (Lipinski definition) is 0. The molecule has 1 saturated heterocycles. The molecule has 3 aromatic rings. The van der Waals surface area contributed by atoms with Crippen molar-refractivity contribution in [3.05, 3.63) is 54.1 Å². The van der Waals surface area contributed by atoms with E-state index in [0.29, 0.717) is 17.9 Å². The summed E-state index contributed by atoms with van der Waals surface area (Å²) < 4.78 is 30.6. The number of hydrogen-bond acceptors (Lipinski definition) is 3. The van der Waals surface area contributed by atoms with E-state index in [-0.39, 0.29) is 5.56 Å². The fraction of sp³-hybridized carbons (Fsp3) is 0.294. The van der Waals surface area contributed by atoms with Crippen LogP contribution in [-0.2, 0) is 6.54 Å². The van der Waals surface area contributed by atoms with Crippen molar-refractivity contribution < 1.29 is 8.78 Å². The maximum absolute atomic E-state index is 14.4. The van der Waals surface area contributed by atoms with Crippen LogP contribution in [0.25, 0.3) is 16.7 Å². The third-order valence-electron chi connectivity index (χ3n) is 4.33. The summed E-state index contributed by atoms with van der Waals surface area (Å²) >= 11 is 0. The predicted octanol–water partition coefficient (Wildman–Crippen LogP) is 3.29. The van der Waals surface area contributed by atoms with Crippen LogP contribution in [0.2, 0.25) is 0 Å². The van der Waals surface area contributed by atoms with Gasteiger partial charge in [0, 0.05) is 29.9 Å². The zero-order valence-electron chi connectivity index (χ0n) is 12.5. The van der Waals surface area contributed by atoms with Gasteiger partial charge >= 0.3 is 0 Å². The molecular weight excluding hydrogens is 298 g/mol. The second kappa shape index (κ2) is 5.70. The van der Waals surface area contributed by atoms with Crippen molar-refractivity contribution in [3.63, 3.8) is 0 Å². The van der Waals surface area contributed by atoms with Gasteiger partial charge < -0.3 is 4.57 Å². The van der Waals surface area contributed by atoms with Gasteiger partial charge in [0.1, 0.15) is 23.6 Å². The monoisotopic (exact) mass is 314 g/mol. The predicted molar refractivity (Wildman–Crippen MR) is 83.3 cm³/mol. The number of fused-ring (bicyclic) bond motifs is 1. The van der Waals surface area contributed by atoms with E-state index in [0.717, 1.165) is 31.3 Å². The summed E-state index contributed by atoms with van der Waals surface area (Å²) in [6.07, 6.45) is 7.03. The zero-order chi connectivity index (χ0) is 15.8. The van der Waals surface area contributed by atoms with Gasteiger partial charge in [0.05, 0.1) is 5.69 Å². The summed E-state index contributed by atoms with van der Waals surface area (Å²) in [4.78, 5) is 10.2. The van der Waals surface area contributed by atoms with Crippen LogP contribution < -0.4 is 0 Å². The Morgan fingerprint density at radius 1 is 1.09 bits per heavy atom. The molecule has 3 heterocycles. The van der Waals surface area contributed by atoms with E-state index >= 15 is 0 Å². The number of aromatic nitrogens is 3. The smallest absolute Gasteiger partial charge is 0.147 e. The lowest BCUT2D eigenvalue weighted by molar-refractivity contribution is 0.318. The second-order valence-corrected chi connectivity index (χ2v) is 5.86. The molecular formula is C17H16F2N4. The van der Waals surface area contributed by atoms with Crippen molar-refractivity contribution in [1.29, 1.82) is 0 Å². The molecule has 0 N–H and O–H groups in total. The Morgan fingerprint density at radius 3 is 2.57 bits per heavy atom. The largest absolute Gasteiger partial charge is 0.301 e. The third kappa shape index (κ3) is 2.59. The first-order valence-corrected chi connectivity index (χ1v) is 7.70. The molecule has 6 heteroatoms. The van der Waals surface area contributed by atoms with Crippen molar-refractivity contribution in [3.8, 4) is 5.69 Å². The number of benzene rings is 1. The summed E-state index contributed by atoms with van der Waals surface area (Å²) in [6, 6.07) is 4.56. The van der Waals surface area contributed by atoms with E-state index in [1.54, 1.807) is 17.0 Å². The van der Waals surface area contributed by atoms with E-state index < -0.39 is 11.6 Å². The Kier molecular flexibility index (Phi) is 3.53. The van der Waals surface area contributed by atoms with Crippen LogP contribution in [0.3, 0.4) is 0 Å². The fourth-order valence-corrected chi connectivity index (χ4v) is 3.13. The highest BCUT2D eigenvalue weighted by Crippen LogP contribution is 2.24. The van der Waals surface area contributed by atoms with Gasteiger partial charge in [-0.3, -0.25) is 4.90 Å². The molecule has 0 bridgehead atoms. The summed E-state index contributed by atoms with van der Waals surface area (Å²) in [5.74, 6) is -1.02. The molecule has 0 aliphatic carbocycles. The summed E-state index contributed by atoms with van der Waals surface area (Å²) in [5, 5.41) is 0.828. The van der Waals surface area contributed by atoms with Gasteiger partial charge in [-0.15, -0.1) is 0 Å². The van der Waals surface area contributed by atoms with Gasteiger partial charge in [0.15, 0.2) is 0 Å². The lowest BCUT2D eigenvalue weighted by atomic mass is 10.1. The first-order chi connectivity index (χ1) is 11.2. The highest BCUT2D eigenvalue weighted by Gasteiger charge is 2.18. The molecule has 1 fully saturated rings. The number of halogens is 2. The molecule has 0 unspecified atom stereocenters. The lowest BCUT2D eigenvalue weighted by Gasteiger charge is -2.16. The van der Waals surface area contributed by atoms with E-state index in [1.807, 2.05) is 6.07 Å². The van der Waals surface area contributed by atoms with Gasteiger partial charge in [-0.25, -0.2) is 18.7 Å². The molecule has 1 aliphatic rings. The number of nitrogens with zero attached hydrogens (tertiary/aromatic N) is 4. The maximum Gasteiger partial charge on any atom is 0.147 e. The SMILES string of the molecule is Fc1cc(-n2ccc3cncnc32)cc(F)c1CN1CCCC1. The van der Waals surface area contributed by atoms with Gasteiger partial charge in [-0.2, -0.15) is 0 Å². The summed E-state index contributed by atoms with van der Waals surface area (Å²) in [6.45, 7) is 2.13. The van der Waals surface area contributed by atoms with Gasteiger partial charge in [-0.1, -0.05) is 0 Å². The highest BCUT2D eigenvalue weighted by atomic mass is 19.1. The summed E-state index contributed by atoms with van der Waals surface area (Å²) in [7, 11) is 0. The topological polar surface area (TPSA) is 34.0 Å². The van der Waals surface area contributed by atoms with E-state index in [1.165, 1.54) is 18.5 Å². The van der Waals surface area contributed by atoms with Crippen molar-refractivity contribution >= 4 is 11.0 Å². The van der Waals surface area contributed by atoms with Gasteiger partial charge in [0.2, 0.25) is 0 Å². The molecule has 23 heavy (non-hydrogen) atoms. The van der Waals surface area contributed by atoms with Gasteiger partial charge in [0.25, 0.3) is 0 Å². The average molecular weight is 314 g/mol. The standard InChI is InChI=1S/C17H16F2N4/c18-15-7-13(23-6-3-12-9-20-11-21-17(12)23)8-16(19)14(15)10-22-4-1-2-5-22/h3,6-9,11H,1-2,4-5,10H2. The van der Waals surface area contributed by atoms with Crippen LogP contribution in [0.1, 0.15) is 18.4 Å². The van der Waals surface area contributed by atoms with Crippen molar-refractivity contribution in [1.82, 2.24) is 19.4 Å². The fourth-order valence-electron chi connectivity index (χ4n) is 3.13. The molecule has 0 amide bonds. The minimum Gasteiger partial charge on any atom is -0.301 e. The lowest BCUT2D eigenvalue weighted by Crippen LogP contribution is -2.20. The molecule has 0 atom stereocenters. The Bertz CT molecular complexity index is 830. The van der Waals surface area contributed by atoms with Crippen molar-refractivity contribution in [2.75, 3.05) is 13.1 Å². The molecule has 1 aliphatic heterocycles. The minimum absolute atomic E-state index is 0.140. The van der Waals surface area contributed by atoms with E-state index in [2.05, 4.69) is 14.9 Å². The Hall–Kier alpha value is -2.34. The molecule has 4 rings (SSSR count). The Labute approximate surface area is 132 Å². The van der Waals surface area contributed by atoms with Crippen LogP contribution >= 0.6 is 0 Å². The first-order valence-electron chi connectivity index (χ1n) is 7.70. The van der Waals surface area contributed by atoms with Crippen LogP contribution in [0.15, 0.2) is 36.9 Å². The van der Waals surface area contributed by atoms with Crippen LogP contribution in [0, 0.1) is 11.6 Å². The average Bonchev–Trinajstić information content (AvgIpc) is 3.20. The third-order valence-corrected chi connectivity index (χ3v) is 4.33. The normalized spacial score (nSPS) is 15.6. The quantitative estimate of drug-likeness (QED) is 0.744. The molecule has 0 spiro atoms. The molecule has 0 radical (unpaired) electrons. The zero-order valence-corrected chi connectivity index (χ0v) is 12.5. The van der Waals surface area contributed by atoms with Gasteiger partial charge in [-0.05, 0) is 44.1 Å². The van der Waals surface area contributed by atoms with Crippen LogP contribution in [0.4, 0.5) is 8.78 Å². The van der Waals surface area contributed by atoms with Crippen LogP contribution in [0.5, 0.6) is 0 Å². The second-order valence-electron chi connectivity index (χ2n) is 5.86. The molecule has 2 aromatic heterocycles. The van der Waals surface area contributed by atoms with E-state index in [9.17, 15) is 8.78 Å². The number of likely N-dealkylation sites (tertiary alicyclic amines) is 1. The Morgan fingerprint density at radius 2 is 1.83 bits per heavy atom. The first kappa shape index (κ1) is 14.3. The van der Waals surface area contributed by atoms with Crippen molar-refractivity contribution in [2.45, 2.75) is 19.4 Å². The van der Waals surface area contributed by atoms with Crippen molar-refractivity contribution in [2.24, 2.45) is 0 Å². The molecule has 4 nitrogen and oxygen atoms in total. The molecule has 118 valence electrons. The van der Waals surface area contributed by atoms with E-state index in [4.69, 9.17) is 0 Å². The molecule has 0 saturated carbocycles. The Balaban J connectivity index is 1.73. The van der Waals surface area contributed by atoms with Crippen LogP contribution in [-0.4, -0.2) is 32.5 Å². The maximum atomic E-state index is 14.4. The molecule has 1 aromatic carbocycles. The summed E-state index contributed by atoms with van der Waals surface area (Å²) in [5.41, 5.74) is 1.20. The number of rotatable bonds is 3. The minimum atomic E-state index is -0.511.